The molecule has 1 aliphatic heterocycles. The molecule has 0 unspecified atom stereocenters. The van der Waals surface area contributed by atoms with Gasteiger partial charge in [0.15, 0.2) is 11.5 Å². The maximum atomic E-state index is 13.1. The fraction of sp³-hybridized carbons (Fsp3) is 0.333. The molecule has 1 saturated carbocycles. The third-order valence-corrected chi connectivity index (χ3v) is 5.09. The molecule has 0 saturated heterocycles. The number of benzene rings is 2. The van der Waals surface area contributed by atoms with E-state index in [0.717, 1.165) is 5.56 Å². The number of fused-ring (bicyclic) bond motifs is 1. The molecule has 1 heterocycles. The molecule has 2 aliphatic rings. The second kappa shape index (κ2) is 7.50. The van der Waals surface area contributed by atoms with Crippen LogP contribution in [0.25, 0.3) is 0 Å². The van der Waals surface area contributed by atoms with Crippen molar-refractivity contribution in [2.75, 3.05) is 13.2 Å². The number of rotatable bonds is 6. The van der Waals surface area contributed by atoms with E-state index >= 15 is 0 Å². The van der Waals surface area contributed by atoms with Crippen LogP contribution in [0, 0.1) is 11.7 Å². The van der Waals surface area contributed by atoms with Crippen molar-refractivity contribution in [2.45, 2.75) is 24.8 Å². The van der Waals surface area contributed by atoms with Crippen molar-refractivity contribution in [1.82, 2.24) is 5.32 Å². The van der Waals surface area contributed by atoms with Gasteiger partial charge in [0.1, 0.15) is 19.0 Å². The average Bonchev–Trinajstić information content (AvgIpc) is 3.48. The lowest BCUT2D eigenvalue weighted by Crippen LogP contribution is -2.31. The van der Waals surface area contributed by atoms with Crippen molar-refractivity contribution < 1.29 is 28.6 Å². The highest BCUT2D eigenvalue weighted by Crippen LogP contribution is 2.49. The third-order valence-electron chi connectivity index (χ3n) is 5.09. The first kappa shape index (κ1) is 18.3. The summed E-state index contributed by atoms with van der Waals surface area (Å²) in [5, 5.41) is 12.0. The van der Waals surface area contributed by atoms with Crippen molar-refractivity contribution in [3.63, 3.8) is 0 Å². The second-order valence-electron chi connectivity index (χ2n) is 7.06. The maximum absolute atomic E-state index is 13.1. The SMILES string of the molecule is O=C(O)C[C@H](NC(=O)[C@H]1C[C@@H]1c1ccc2c(c1)OCCO2)c1ccc(F)cc1. The van der Waals surface area contributed by atoms with Crippen LogP contribution in [0.3, 0.4) is 0 Å². The normalized spacial score (nSPS) is 20.9. The van der Waals surface area contributed by atoms with E-state index in [0.29, 0.717) is 36.7 Å². The fourth-order valence-electron chi connectivity index (χ4n) is 3.54. The van der Waals surface area contributed by atoms with Crippen LogP contribution < -0.4 is 14.8 Å². The summed E-state index contributed by atoms with van der Waals surface area (Å²) >= 11 is 0. The number of carboxylic acid groups (broad SMARTS) is 1. The number of halogens is 1. The highest BCUT2D eigenvalue weighted by molar-refractivity contribution is 5.84. The highest BCUT2D eigenvalue weighted by atomic mass is 19.1. The molecule has 1 fully saturated rings. The Morgan fingerprint density at radius 2 is 1.82 bits per heavy atom. The summed E-state index contributed by atoms with van der Waals surface area (Å²) < 4.78 is 24.3. The molecule has 2 aromatic rings. The van der Waals surface area contributed by atoms with Crippen molar-refractivity contribution in [2.24, 2.45) is 5.92 Å². The van der Waals surface area contributed by atoms with Crippen molar-refractivity contribution in [3.05, 3.63) is 59.4 Å². The second-order valence-corrected chi connectivity index (χ2v) is 7.06. The van der Waals surface area contributed by atoms with Crippen LogP contribution in [0.15, 0.2) is 42.5 Å². The molecular formula is C21H20FNO5. The van der Waals surface area contributed by atoms with E-state index in [1.54, 1.807) is 0 Å². The summed E-state index contributed by atoms with van der Waals surface area (Å²) in [6.45, 7) is 1.02. The summed E-state index contributed by atoms with van der Waals surface area (Å²) in [6.07, 6.45) is 0.424. The molecular weight excluding hydrogens is 365 g/mol. The number of carboxylic acids is 1. The van der Waals surface area contributed by atoms with E-state index in [1.807, 2.05) is 18.2 Å². The molecule has 0 bridgehead atoms. The van der Waals surface area contributed by atoms with Gasteiger partial charge in [0.25, 0.3) is 0 Å². The van der Waals surface area contributed by atoms with Gasteiger partial charge >= 0.3 is 5.97 Å². The van der Waals surface area contributed by atoms with Crippen LogP contribution in [0.5, 0.6) is 11.5 Å². The molecule has 2 N–H and O–H groups in total. The minimum atomic E-state index is -1.03. The van der Waals surface area contributed by atoms with E-state index in [-0.39, 0.29) is 24.2 Å². The lowest BCUT2D eigenvalue weighted by molar-refractivity contribution is -0.137. The maximum Gasteiger partial charge on any atom is 0.305 e. The van der Waals surface area contributed by atoms with Crippen molar-refractivity contribution in [1.29, 1.82) is 0 Å². The number of hydrogen-bond donors (Lipinski definition) is 2. The zero-order valence-corrected chi connectivity index (χ0v) is 15.1. The zero-order chi connectivity index (χ0) is 19.7. The molecule has 0 aromatic heterocycles. The lowest BCUT2D eigenvalue weighted by atomic mass is 10.0. The first-order valence-electron chi connectivity index (χ1n) is 9.18. The number of amides is 1. The predicted octanol–water partition coefficient (Wildman–Crippen LogP) is 3.03. The zero-order valence-electron chi connectivity index (χ0n) is 15.1. The quantitative estimate of drug-likeness (QED) is 0.799. The predicted molar refractivity (Wildman–Crippen MR) is 97.8 cm³/mol. The number of ether oxygens (including phenoxy) is 2. The first-order valence-corrected chi connectivity index (χ1v) is 9.18. The van der Waals surface area contributed by atoms with Gasteiger partial charge in [0.05, 0.1) is 12.5 Å². The monoisotopic (exact) mass is 385 g/mol. The molecule has 6 nitrogen and oxygen atoms in total. The Balaban J connectivity index is 1.44. The first-order chi connectivity index (χ1) is 13.5. The number of hydrogen-bond acceptors (Lipinski definition) is 4. The van der Waals surface area contributed by atoms with E-state index < -0.39 is 17.8 Å². The minimum absolute atomic E-state index is 0.0644. The van der Waals surface area contributed by atoms with E-state index in [2.05, 4.69) is 5.32 Å². The minimum Gasteiger partial charge on any atom is -0.486 e. The smallest absolute Gasteiger partial charge is 0.305 e. The molecule has 0 radical (unpaired) electrons. The molecule has 1 aliphatic carbocycles. The van der Waals surface area contributed by atoms with Gasteiger partial charge in [0.2, 0.25) is 5.91 Å². The number of carbonyl (C=O) groups excluding carboxylic acids is 1. The Bertz CT molecular complexity index is 898. The van der Waals surface area contributed by atoms with E-state index in [1.165, 1.54) is 24.3 Å². The highest BCUT2D eigenvalue weighted by Gasteiger charge is 2.45. The topological polar surface area (TPSA) is 84.9 Å². The standard InChI is InChI=1S/C21H20FNO5/c22-14-4-1-12(2-5-14)17(11-20(24)25)23-21(26)16-10-15(16)13-3-6-18-19(9-13)28-8-7-27-18/h1-6,9,15-17H,7-8,10-11H2,(H,23,26)(H,24,25)/t15-,16+,17+/m1/s1. The summed E-state index contributed by atoms with van der Waals surface area (Å²) in [7, 11) is 0. The molecule has 28 heavy (non-hydrogen) atoms. The van der Waals surface area contributed by atoms with E-state index in [9.17, 15) is 14.0 Å². The Morgan fingerprint density at radius 1 is 1.11 bits per heavy atom. The van der Waals surface area contributed by atoms with Crippen molar-refractivity contribution >= 4 is 11.9 Å². The molecule has 146 valence electrons. The van der Waals surface area contributed by atoms with Gasteiger partial charge in [-0.1, -0.05) is 18.2 Å². The Kier molecular flexibility index (Phi) is 4.90. The third kappa shape index (κ3) is 3.93. The molecule has 7 heteroatoms. The van der Waals surface area contributed by atoms with Gasteiger partial charge in [-0.05, 0) is 47.7 Å². The van der Waals surface area contributed by atoms with Crippen LogP contribution in [0.4, 0.5) is 4.39 Å². The summed E-state index contributed by atoms with van der Waals surface area (Å²) in [4.78, 5) is 23.9. The van der Waals surface area contributed by atoms with Gasteiger partial charge in [-0.25, -0.2) is 4.39 Å². The van der Waals surface area contributed by atoms with Crippen LogP contribution in [-0.4, -0.2) is 30.2 Å². The van der Waals surface area contributed by atoms with Crippen LogP contribution in [0.1, 0.15) is 35.9 Å². The molecule has 4 rings (SSSR count). The van der Waals surface area contributed by atoms with Gasteiger partial charge in [-0.3, -0.25) is 9.59 Å². The Hall–Kier alpha value is -3.09. The summed E-state index contributed by atoms with van der Waals surface area (Å²) in [5.41, 5.74) is 1.56. The molecule has 0 spiro atoms. The largest absolute Gasteiger partial charge is 0.486 e. The number of aliphatic carboxylic acids is 1. The molecule has 1 amide bonds. The molecule has 3 atom stereocenters. The van der Waals surface area contributed by atoms with Gasteiger partial charge in [-0.15, -0.1) is 0 Å². The van der Waals surface area contributed by atoms with Gasteiger partial charge in [0, 0.05) is 5.92 Å². The van der Waals surface area contributed by atoms with E-state index in [4.69, 9.17) is 14.6 Å². The number of carbonyl (C=O) groups is 2. The van der Waals surface area contributed by atoms with Crippen molar-refractivity contribution in [3.8, 4) is 11.5 Å². The van der Waals surface area contributed by atoms with Crippen LogP contribution in [-0.2, 0) is 9.59 Å². The van der Waals surface area contributed by atoms with Crippen LogP contribution >= 0.6 is 0 Å². The van der Waals surface area contributed by atoms with Gasteiger partial charge < -0.3 is 19.9 Å². The average molecular weight is 385 g/mol. The van der Waals surface area contributed by atoms with Crippen LogP contribution in [0.2, 0.25) is 0 Å². The Labute approximate surface area is 161 Å². The fourth-order valence-corrected chi connectivity index (χ4v) is 3.54. The number of nitrogens with one attached hydrogen (secondary N) is 1. The summed E-state index contributed by atoms with van der Waals surface area (Å²) in [6, 6.07) is 10.5. The summed E-state index contributed by atoms with van der Waals surface area (Å²) in [5.74, 6) is -0.414. The Morgan fingerprint density at radius 3 is 2.54 bits per heavy atom. The van der Waals surface area contributed by atoms with Gasteiger partial charge in [-0.2, -0.15) is 0 Å². The lowest BCUT2D eigenvalue weighted by Gasteiger charge is -2.19. The molecule has 2 aromatic carbocycles.